The number of benzene rings is 1. The van der Waals surface area contributed by atoms with Crippen LogP contribution in [-0.2, 0) is 13.0 Å². The molecular formula is C15H18N4O. The van der Waals surface area contributed by atoms with E-state index in [2.05, 4.69) is 29.0 Å². The Bertz CT molecular complexity index is 595. The van der Waals surface area contributed by atoms with E-state index in [1.54, 1.807) is 11.9 Å². The minimum Gasteiger partial charge on any atom is -0.382 e. The molecule has 1 amide bonds. The highest BCUT2D eigenvalue weighted by atomic mass is 16.2. The molecule has 0 spiro atoms. The highest BCUT2D eigenvalue weighted by Gasteiger charge is 2.16. The summed E-state index contributed by atoms with van der Waals surface area (Å²) in [6.07, 6.45) is 3.94. The Morgan fingerprint density at radius 1 is 1.15 bits per heavy atom. The lowest BCUT2D eigenvalue weighted by Crippen LogP contribution is -2.28. The van der Waals surface area contributed by atoms with Crippen LogP contribution in [0.15, 0.2) is 36.7 Å². The quantitative estimate of drug-likeness (QED) is 0.921. The van der Waals surface area contributed by atoms with E-state index in [1.807, 2.05) is 12.1 Å². The molecule has 1 aromatic heterocycles. The molecule has 0 aliphatic rings. The van der Waals surface area contributed by atoms with Crippen molar-refractivity contribution in [3.8, 4) is 0 Å². The molecule has 0 unspecified atom stereocenters. The van der Waals surface area contributed by atoms with Gasteiger partial charge < -0.3 is 10.6 Å². The SMILES string of the molecule is CCc1ccc(CN(C)C(=O)c2nccnc2N)cc1. The number of nitrogens with zero attached hydrogens (tertiary/aromatic N) is 3. The molecule has 104 valence electrons. The van der Waals surface area contributed by atoms with Gasteiger partial charge in [0.2, 0.25) is 0 Å². The van der Waals surface area contributed by atoms with Crippen molar-refractivity contribution in [3.63, 3.8) is 0 Å². The van der Waals surface area contributed by atoms with Gasteiger partial charge in [-0.25, -0.2) is 9.97 Å². The first-order valence-electron chi connectivity index (χ1n) is 6.51. The Morgan fingerprint density at radius 2 is 1.75 bits per heavy atom. The normalized spacial score (nSPS) is 10.3. The van der Waals surface area contributed by atoms with Gasteiger partial charge in [-0.2, -0.15) is 0 Å². The number of aromatic nitrogens is 2. The van der Waals surface area contributed by atoms with Crippen molar-refractivity contribution in [3.05, 3.63) is 53.5 Å². The minimum absolute atomic E-state index is 0.158. The van der Waals surface area contributed by atoms with E-state index in [1.165, 1.54) is 18.0 Å². The van der Waals surface area contributed by atoms with Crippen LogP contribution in [0.3, 0.4) is 0 Å². The van der Waals surface area contributed by atoms with Crippen LogP contribution in [0.4, 0.5) is 5.82 Å². The van der Waals surface area contributed by atoms with E-state index in [9.17, 15) is 4.79 Å². The molecule has 0 fully saturated rings. The molecule has 0 saturated heterocycles. The molecule has 2 rings (SSSR count). The lowest BCUT2D eigenvalue weighted by atomic mass is 10.1. The van der Waals surface area contributed by atoms with Crippen LogP contribution in [0.1, 0.15) is 28.5 Å². The van der Waals surface area contributed by atoms with Gasteiger partial charge in [-0.3, -0.25) is 4.79 Å². The van der Waals surface area contributed by atoms with Gasteiger partial charge in [0.25, 0.3) is 5.91 Å². The molecule has 0 aliphatic heterocycles. The summed E-state index contributed by atoms with van der Waals surface area (Å²) in [6, 6.07) is 8.21. The molecule has 1 heterocycles. The molecule has 5 nitrogen and oxygen atoms in total. The molecule has 2 N–H and O–H groups in total. The van der Waals surface area contributed by atoms with Crippen LogP contribution in [0.2, 0.25) is 0 Å². The van der Waals surface area contributed by atoms with Gasteiger partial charge in [-0.15, -0.1) is 0 Å². The van der Waals surface area contributed by atoms with E-state index in [4.69, 9.17) is 5.73 Å². The largest absolute Gasteiger partial charge is 0.382 e. The fraction of sp³-hybridized carbons (Fsp3) is 0.267. The van der Waals surface area contributed by atoms with E-state index < -0.39 is 0 Å². The van der Waals surface area contributed by atoms with Crippen LogP contribution in [0.5, 0.6) is 0 Å². The average molecular weight is 270 g/mol. The van der Waals surface area contributed by atoms with Gasteiger partial charge in [0, 0.05) is 26.0 Å². The number of carbonyl (C=O) groups excluding carboxylic acids is 1. The maximum atomic E-state index is 12.2. The standard InChI is InChI=1S/C15H18N4O/c1-3-11-4-6-12(7-5-11)10-19(2)15(20)13-14(16)18-9-8-17-13/h4-9H,3,10H2,1-2H3,(H2,16,18). The number of carbonyl (C=O) groups is 1. The Balaban J connectivity index is 2.09. The van der Waals surface area contributed by atoms with Crippen molar-refractivity contribution in [2.24, 2.45) is 0 Å². The lowest BCUT2D eigenvalue weighted by Gasteiger charge is -2.17. The van der Waals surface area contributed by atoms with Crippen molar-refractivity contribution in [1.29, 1.82) is 0 Å². The predicted molar refractivity (Wildman–Crippen MR) is 78.1 cm³/mol. The van der Waals surface area contributed by atoms with Gasteiger partial charge in [0.1, 0.15) is 0 Å². The van der Waals surface area contributed by atoms with Gasteiger partial charge in [-0.1, -0.05) is 31.2 Å². The summed E-state index contributed by atoms with van der Waals surface area (Å²) in [5.74, 6) is -0.0687. The van der Waals surface area contributed by atoms with E-state index >= 15 is 0 Å². The zero-order chi connectivity index (χ0) is 14.5. The lowest BCUT2D eigenvalue weighted by molar-refractivity contribution is 0.0780. The third kappa shape index (κ3) is 3.12. The van der Waals surface area contributed by atoms with Crippen LogP contribution in [0, 0.1) is 0 Å². The Hall–Kier alpha value is -2.43. The number of hydrogen-bond acceptors (Lipinski definition) is 4. The van der Waals surface area contributed by atoms with Crippen LogP contribution in [-0.4, -0.2) is 27.8 Å². The number of nitrogen functional groups attached to an aromatic ring is 1. The van der Waals surface area contributed by atoms with E-state index in [-0.39, 0.29) is 17.4 Å². The Kier molecular flexibility index (Phi) is 4.30. The van der Waals surface area contributed by atoms with Gasteiger partial charge in [-0.05, 0) is 17.5 Å². The third-order valence-electron chi connectivity index (χ3n) is 3.13. The molecule has 0 bridgehead atoms. The van der Waals surface area contributed by atoms with Gasteiger partial charge >= 0.3 is 0 Å². The summed E-state index contributed by atoms with van der Waals surface area (Å²) in [7, 11) is 1.73. The molecule has 20 heavy (non-hydrogen) atoms. The maximum Gasteiger partial charge on any atom is 0.276 e. The monoisotopic (exact) mass is 270 g/mol. The fourth-order valence-electron chi connectivity index (χ4n) is 1.92. The average Bonchev–Trinajstić information content (AvgIpc) is 2.48. The van der Waals surface area contributed by atoms with Crippen molar-refractivity contribution in [2.45, 2.75) is 19.9 Å². The molecule has 0 radical (unpaired) electrons. The summed E-state index contributed by atoms with van der Waals surface area (Å²) in [5, 5.41) is 0. The number of aryl methyl sites for hydroxylation is 1. The number of rotatable bonds is 4. The molecule has 2 aromatic rings. The zero-order valence-corrected chi connectivity index (χ0v) is 11.7. The molecule has 0 saturated carbocycles. The molecule has 0 aliphatic carbocycles. The second kappa shape index (κ2) is 6.14. The van der Waals surface area contributed by atoms with Crippen molar-refractivity contribution >= 4 is 11.7 Å². The number of hydrogen-bond donors (Lipinski definition) is 1. The summed E-state index contributed by atoms with van der Waals surface area (Å²) < 4.78 is 0. The first-order valence-corrected chi connectivity index (χ1v) is 6.51. The molecule has 1 aromatic carbocycles. The fourth-order valence-corrected chi connectivity index (χ4v) is 1.92. The second-order valence-corrected chi connectivity index (χ2v) is 4.62. The van der Waals surface area contributed by atoms with Crippen molar-refractivity contribution < 1.29 is 4.79 Å². The second-order valence-electron chi connectivity index (χ2n) is 4.62. The van der Waals surface area contributed by atoms with Gasteiger partial charge in [0.15, 0.2) is 11.5 Å². The van der Waals surface area contributed by atoms with E-state index in [0.717, 1.165) is 12.0 Å². The highest BCUT2D eigenvalue weighted by Crippen LogP contribution is 2.11. The molecule has 5 heteroatoms. The third-order valence-corrected chi connectivity index (χ3v) is 3.13. The smallest absolute Gasteiger partial charge is 0.276 e. The van der Waals surface area contributed by atoms with Crippen LogP contribution in [0.25, 0.3) is 0 Å². The van der Waals surface area contributed by atoms with Crippen molar-refractivity contribution in [1.82, 2.24) is 14.9 Å². The van der Waals surface area contributed by atoms with Gasteiger partial charge in [0.05, 0.1) is 0 Å². The summed E-state index contributed by atoms with van der Waals surface area (Å²) >= 11 is 0. The minimum atomic E-state index is -0.227. The highest BCUT2D eigenvalue weighted by molar-refractivity contribution is 5.96. The Labute approximate surface area is 118 Å². The van der Waals surface area contributed by atoms with Crippen molar-refractivity contribution in [2.75, 3.05) is 12.8 Å². The summed E-state index contributed by atoms with van der Waals surface area (Å²) in [5.41, 5.74) is 8.21. The topological polar surface area (TPSA) is 72.1 Å². The van der Waals surface area contributed by atoms with Crippen LogP contribution < -0.4 is 5.73 Å². The first-order chi connectivity index (χ1) is 9.61. The van der Waals surface area contributed by atoms with E-state index in [0.29, 0.717) is 6.54 Å². The van der Waals surface area contributed by atoms with Crippen LogP contribution >= 0.6 is 0 Å². The molecule has 0 atom stereocenters. The predicted octanol–water partition coefficient (Wildman–Crippen LogP) is 1.89. The summed E-state index contributed by atoms with van der Waals surface area (Å²) in [6.45, 7) is 2.63. The molecular weight excluding hydrogens is 252 g/mol. The number of nitrogens with two attached hydrogens (primary N) is 1. The number of amides is 1. The maximum absolute atomic E-state index is 12.2. The number of anilines is 1. The zero-order valence-electron chi connectivity index (χ0n) is 11.7. The Morgan fingerprint density at radius 3 is 2.35 bits per heavy atom. The summed E-state index contributed by atoms with van der Waals surface area (Å²) in [4.78, 5) is 21.7. The first kappa shape index (κ1) is 14.0.